The minimum Gasteiger partial charge on any atom is -0.388 e. The molecule has 2 heterocycles. The molecule has 0 aliphatic carbocycles. The van der Waals surface area contributed by atoms with Crippen LogP contribution in [0, 0.1) is 6.92 Å². The highest BCUT2D eigenvalue weighted by Crippen LogP contribution is 2.22. The molecule has 0 aliphatic rings. The zero-order valence-corrected chi connectivity index (χ0v) is 12.8. The molecule has 0 radical (unpaired) electrons. The number of thiophene rings is 2. The molecule has 1 atom stereocenters. The fraction of sp³-hybridized carbons (Fsp3) is 0.333. The molecule has 2 aromatic rings. The predicted molar refractivity (Wildman–Crippen MR) is 78.1 cm³/mol. The lowest BCUT2D eigenvalue weighted by molar-refractivity contribution is 0.173. The smallest absolute Gasteiger partial charge is 0.250 e. The summed E-state index contributed by atoms with van der Waals surface area (Å²) < 4.78 is 26.7. The molecule has 19 heavy (non-hydrogen) atoms. The Kier molecular flexibility index (Phi) is 4.75. The second-order valence-corrected chi connectivity index (χ2v) is 8.34. The molecule has 2 aromatic heterocycles. The Morgan fingerprint density at radius 1 is 1.37 bits per heavy atom. The molecule has 0 bridgehead atoms. The Morgan fingerprint density at radius 3 is 2.74 bits per heavy atom. The maximum atomic E-state index is 11.9. The molecule has 1 unspecified atom stereocenters. The third kappa shape index (κ3) is 3.87. The normalized spacial score (nSPS) is 13.6. The van der Waals surface area contributed by atoms with Gasteiger partial charge in [0.1, 0.15) is 4.21 Å². The van der Waals surface area contributed by atoms with Gasteiger partial charge in [0.15, 0.2) is 0 Å². The average Bonchev–Trinajstić information content (AvgIpc) is 2.99. The van der Waals surface area contributed by atoms with Crippen LogP contribution in [0.25, 0.3) is 0 Å². The van der Waals surface area contributed by atoms with E-state index in [0.717, 1.165) is 9.75 Å². The van der Waals surface area contributed by atoms with Crippen LogP contribution in [0.4, 0.5) is 0 Å². The molecule has 4 nitrogen and oxygen atoms in total. The summed E-state index contributed by atoms with van der Waals surface area (Å²) in [6, 6.07) is 7.08. The molecular formula is C12H15NO3S3. The maximum Gasteiger partial charge on any atom is 0.250 e. The van der Waals surface area contributed by atoms with Crippen molar-refractivity contribution in [3.8, 4) is 0 Å². The second-order valence-electron chi connectivity index (χ2n) is 4.08. The van der Waals surface area contributed by atoms with E-state index in [1.54, 1.807) is 12.1 Å². The minimum absolute atomic E-state index is 0.221. The van der Waals surface area contributed by atoms with Crippen molar-refractivity contribution in [2.75, 3.05) is 6.54 Å². The number of nitrogens with one attached hydrogen (secondary N) is 1. The van der Waals surface area contributed by atoms with Crippen molar-refractivity contribution in [2.45, 2.75) is 23.7 Å². The number of aliphatic hydroxyl groups is 1. The lowest BCUT2D eigenvalue weighted by Gasteiger charge is -2.09. The first-order chi connectivity index (χ1) is 8.99. The van der Waals surface area contributed by atoms with Crippen LogP contribution in [0.1, 0.15) is 22.3 Å². The van der Waals surface area contributed by atoms with Crippen LogP contribution in [0.15, 0.2) is 33.9 Å². The molecular weight excluding hydrogens is 302 g/mol. The van der Waals surface area contributed by atoms with E-state index in [1.165, 1.54) is 22.7 Å². The molecule has 0 amide bonds. The van der Waals surface area contributed by atoms with Gasteiger partial charge in [-0.15, -0.1) is 22.7 Å². The molecule has 0 saturated heterocycles. The van der Waals surface area contributed by atoms with E-state index < -0.39 is 16.1 Å². The van der Waals surface area contributed by atoms with Crippen LogP contribution < -0.4 is 4.72 Å². The monoisotopic (exact) mass is 317 g/mol. The Balaban J connectivity index is 1.89. The van der Waals surface area contributed by atoms with Crippen LogP contribution >= 0.6 is 22.7 Å². The number of hydrogen-bond donors (Lipinski definition) is 2. The standard InChI is InChI=1S/C12H15NO3S3/c1-9-4-5-12(18-9)19(15,16)13-7-6-10(14)11-3-2-8-17-11/h2-5,8,10,13-14H,6-7H2,1H3. The van der Waals surface area contributed by atoms with E-state index in [1.807, 2.05) is 24.4 Å². The van der Waals surface area contributed by atoms with Gasteiger partial charge in [0.2, 0.25) is 10.0 Å². The molecule has 0 spiro atoms. The van der Waals surface area contributed by atoms with Crippen molar-refractivity contribution in [1.82, 2.24) is 4.72 Å². The second kappa shape index (κ2) is 6.15. The molecule has 0 aromatic carbocycles. The highest BCUT2D eigenvalue weighted by molar-refractivity contribution is 7.91. The van der Waals surface area contributed by atoms with Gasteiger partial charge in [-0.3, -0.25) is 0 Å². The quantitative estimate of drug-likeness (QED) is 0.860. The SMILES string of the molecule is Cc1ccc(S(=O)(=O)NCCC(O)c2cccs2)s1. The fourth-order valence-corrected chi connectivity index (χ4v) is 4.70. The molecule has 2 rings (SSSR count). The van der Waals surface area contributed by atoms with Crippen molar-refractivity contribution in [2.24, 2.45) is 0 Å². The van der Waals surface area contributed by atoms with Crippen molar-refractivity contribution in [3.63, 3.8) is 0 Å². The molecule has 0 fully saturated rings. The van der Waals surface area contributed by atoms with Crippen LogP contribution in [-0.2, 0) is 10.0 Å². The largest absolute Gasteiger partial charge is 0.388 e. The minimum atomic E-state index is -3.44. The summed E-state index contributed by atoms with van der Waals surface area (Å²) >= 11 is 2.70. The van der Waals surface area contributed by atoms with Gasteiger partial charge in [0.25, 0.3) is 0 Å². The van der Waals surface area contributed by atoms with Crippen LogP contribution in [-0.4, -0.2) is 20.1 Å². The molecule has 2 N–H and O–H groups in total. The van der Waals surface area contributed by atoms with Gasteiger partial charge < -0.3 is 5.11 Å². The molecule has 0 aliphatic heterocycles. The summed E-state index contributed by atoms with van der Waals surface area (Å²) in [7, 11) is -3.44. The van der Waals surface area contributed by atoms with Gasteiger partial charge >= 0.3 is 0 Å². The lowest BCUT2D eigenvalue weighted by atomic mass is 10.2. The van der Waals surface area contributed by atoms with E-state index in [4.69, 9.17) is 0 Å². The summed E-state index contributed by atoms with van der Waals surface area (Å²) in [4.78, 5) is 1.81. The highest BCUT2D eigenvalue weighted by Gasteiger charge is 2.16. The summed E-state index contributed by atoms with van der Waals surface area (Å²) in [6.07, 6.45) is -0.253. The van der Waals surface area contributed by atoms with E-state index in [-0.39, 0.29) is 6.54 Å². The Hall–Kier alpha value is -0.730. The van der Waals surface area contributed by atoms with E-state index in [2.05, 4.69) is 4.72 Å². The first-order valence-corrected chi connectivity index (χ1v) is 8.94. The first kappa shape index (κ1) is 14.7. The number of rotatable bonds is 6. The van der Waals surface area contributed by atoms with Gasteiger partial charge in [0.05, 0.1) is 6.10 Å². The topological polar surface area (TPSA) is 66.4 Å². The summed E-state index contributed by atoms with van der Waals surface area (Å²) in [5.41, 5.74) is 0. The Bertz CT molecular complexity index is 616. The number of sulfonamides is 1. The van der Waals surface area contributed by atoms with Gasteiger partial charge in [-0.2, -0.15) is 0 Å². The summed E-state index contributed by atoms with van der Waals surface area (Å²) in [6.45, 7) is 2.09. The Labute approximate surface area is 120 Å². The summed E-state index contributed by atoms with van der Waals surface area (Å²) in [5, 5.41) is 11.7. The van der Waals surface area contributed by atoms with E-state index in [9.17, 15) is 13.5 Å². The molecule has 7 heteroatoms. The predicted octanol–water partition coefficient (Wildman–Crippen LogP) is 2.52. The van der Waals surface area contributed by atoms with E-state index in [0.29, 0.717) is 10.6 Å². The zero-order chi connectivity index (χ0) is 13.9. The van der Waals surface area contributed by atoms with E-state index >= 15 is 0 Å². The van der Waals surface area contributed by atoms with Gasteiger partial charge in [0, 0.05) is 16.3 Å². The molecule has 104 valence electrons. The number of aliphatic hydroxyl groups excluding tert-OH is 1. The van der Waals surface area contributed by atoms with Crippen LogP contribution in [0.5, 0.6) is 0 Å². The third-order valence-corrected chi connectivity index (χ3v) is 6.49. The van der Waals surface area contributed by atoms with Crippen molar-refractivity contribution >= 4 is 32.7 Å². The summed E-state index contributed by atoms with van der Waals surface area (Å²) in [5.74, 6) is 0. The van der Waals surface area contributed by atoms with Gasteiger partial charge in [-0.25, -0.2) is 13.1 Å². The van der Waals surface area contributed by atoms with Crippen molar-refractivity contribution < 1.29 is 13.5 Å². The third-order valence-electron chi connectivity index (χ3n) is 2.56. The first-order valence-electron chi connectivity index (χ1n) is 5.76. The number of aryl methyl sites for hydroxylation is 1. The lowest BCUT2D eigenvalue weighted by Crippen LogP contribution is -2.25. The highest BCUT2D eigenvalue weighted by atomic mass is 32.2. The van der Waals surface area contributed by atoms with Gasteiger partial charge in [-0.1, -0.05) is 6.07 Å². The maximum absolute atomic E-state index is 11.9. The Morgan fingerprint density at radius 2 is 2.16 bits per heavy atom. The van der Waals surface area contributed by atoms with Crippen molar-refractivity contribution in [3.05, 3.63) is 39.4 Å². The zero-order valence-electron chi connectivity index (χ0n) is 10.4. The average molecular weight is 317 g/mol. The molecule has 0 saturated carbocycles. The number of hydrogen-bond acceptors (Lipinski definition) is 5. The van der Waals surface area contributed by atoms with Crippen LogP contribution in [0.3, 0.4) is 0 Å². The van der Waals surface area contributed by atoms with Gasteiger partial charge in [-0.05, 0) is 36.9 Å². The fourth-order valence-electron chi connectivity index (χ4n) is 1.58. The van der Waals surface area contributed by atoms with Crippen LogP contribution in [0.2, 0.25) is 0 Å². The van der Waals surface area contributed by atoms with Crippen molar-refractivity contribution in [1.29, 1.82) is 0 Å².